The molecule has 0 aliphatic carbocycles. The largest absolute Gasteiger partial charge is 0.360 e. The van der Waals surface area contributed by atoms with Crippen LogP contribution in [-0.4, -0.2) is 33.5 Å². The zero-order valence-corrected chi connectivity index (χ0v) is 14.4. The smallest absolute Gasteiger partial charge is 0.276 e. The molecule has 3 rings (SSSR count). The number of carbonyl (C=O) groups excluding carboxylic acids is 1. The molecule has 0 aromatic carbocycles. The van der Waals surface area contributed by atoms with Gasteiger partial charge in [0.05, 0.1) is 0 Å². The van der Waals surface area contributed by atoms with Crippen molar-refractivity contribution >= 4 is 5.91 Å². The number of likely N-dealkylation sites (tertiary alicyclic amines) is 1. The summed E-state index contributed by atoms with van der Waals surface area (Å²) in [5, 5.41) is 3.99. The second-order valence-electron chi connectivity index (χ2n) is 6.78. The summed E-state index contributed by atoms with van der Waals surface area (Å²) in [4.78, 5) is 19.2. The zero-order chi connectivity index (χ0) is 16.9. The molecule has 0 bridgehead atoms. The number of aromatic nitrogens is 2. The molecular formula is C19H25N3O2. The van der Waals surface area contributed by atoms with Crippen LogP contribution in [-0.2, 0) is 6.42 Å². The Morgan fingerprint density at radius 3 is 2.96 bits per heavy atom. The highest BCUT2D eigenvalue weighted by molar-refractivity contribution is 5.92. The Hall–Kier alpha value is -2.17. The Bertz CT molecular complexity index is 666. The van der Waals surface area contributed by atoms with Crippen LogP contribution in [0.5, 0.6) is 0 Å². The lowest BCUT2D eigenvalue weighted by Gasteiger charge is -2.35. The van der Waals surface area contributed by atoms with E-state index in [4.69, 9.17) is 4.52 Å². The fraction of sp³-hybridized carbons (Fsp3) is 0.526. The summed E-state index contributed by atoms with van der Waals surface area (Å²) >= 11 is 0. The van der Waals surface area contributed by atoms with E-state index >= 15 is 0 Å². The van der Waals surface area contributed by atoms with Crippen molar-refractivity contribution in [2.75, 3.05) is 6.54 Å². The van der Waals surface area contributed by atoms with E-state index in [1.807, 2.05) is 43.1 Å². The highest BCUT2D eigenvalue weighted by Gasteiger charge is 2.29. The molecule has 0 radical (unpaired) electrons. The predicted molar refractivity (Wildman–Crippen MR) is 91.8 cm³/mol. The highest BCUT2D eigenvalue weighted by Crippen LogP contribution is 2.24. The third kappa shape index (κ3) is 3.83. The maximum Gasteiger partial charge on any atom is 0.276 e. The Morgan fingerprint density at radius 2 is 2.25 bits per heavy atom. The number of amides is 1. The number of rotatable bonds is 5. The minimum absolute atomic E-state index is 0.00336. The Labute approximate surface area is 143 Å². The quantitative estimate of drug-likeness (QED) is 0.837. The van der Waals surface area contributed by atoms with E-state index in [1.165, 1.54) is 6.42 Å². The van der Waals surface area contributed by atoms with Gasteiger partial charge >= 0.3 is 0 Å². The minimum atomic E-state index is -0.00336. The Kier molecular flexibility index (Phi) is 5.28. The molecule has 1 fully saturated rings. The molecule has 128 valence electrons. The van der Waals surface area contributed by atoms with Crippen molar-refractivity contribution in [3.05, 3.63) is 47.6 Å². The van der Waals surface area contributed by atoms with Gasteiger partial charge in [0.2, 0.25) is 0 Å². The number of hydrogen-bond donors (Lipinski definition) is 0. The Morgan fingerprint density at radius 1 is 1.38 bits per heavy atom. The van der Waals surface area contributed by atoms with Crippen LogP contribution in [0.4, 0.5) is 0 Å². The van der Waals surface area contributed by atoms with Gasteiger partial charge in [-0.1, -0.05) is 25.1 Å². The highest BCUT2D eigenvalue weighted by atomic mass is 16.5. The second kappa shape index (κ2) is 7.60. The first-order valence-electron chi connectivity index (χ1n) is 8.82. The van der Waals surface area contributed by atoms with Crippen LogP contribution in [0.15, 0.2) is 35.0 Å². The number of hydrogen-bond acceptors (Lipinski definition) is 4. The van der Waals surface area contributed by atoms with Gasteiger partial charge in [-0.2, -0.15) is 0 Å². The molecule has 5 nitrogen and oxygen atoms in total. The summed E-state index contributed by atoms with van der Waals surface area (Å²) in [5.74, 6) is 0.997. The third-order valence-electron chi connectivity index (χ3n) is 4.66. The van der Waals surface area contributed by atoms with Gasteiger partial charge in [0.15, 0.2) is 5.69 Å². The van der Waals surface area contributed by atoms with Gasteiger partial charge in [-0.3, -0.25) is 9.78 Å². The van der Waals surface area contributed by atoms with Gasteiger partial charge in [0, 0.05) is 36.5 Å². The summed E-state index contributed by atoms with van der Waals surface area (Å²) in [6.07, 6.45) is 6.94. The predicted octanol–water partition coefficient (Wildman–Crippen LogP) is 3.82. The molecule has 1 saturated heterocycles. The lowest BCUT2D eigenvalue weighted by atomic mass is 9.96. The standard InChI is InChI=1S/C19H25N3O2/c1-14(2)18-13-17(21-24-18)19(23)22-12-6-4-8-16(22)10-9-15-7-3-5-11-20-15/h3,5,7,11,13-14,16H,4,6,8-10,12H2,1-2H3/t16-/m1/s1. The molecule has 1 aliphatic rings. The van der Waals surface area contributed by atoms with E-state index in [9.17, 15) is 4.79 Å². The molecule has 1 aliphatic heterocycles. The van der Waals surface area contributed by atoms with Crippen molar-refractivity contribution < 1.29 is 9.32 Å². The van der Waals surface area contributed by atoms with Crippen LogP contribution in [0, 0.1) is 0 Å². The van der Waals surface area contributed by atoms with Crippen molar-refractivity contribution in [2.24, 2.45) is 0 Å². The molecule has 0 N–H and O–H groups in total. The SMILES string of the molecule is CC(C)c1cc(C(=O)N2CCCC[C@@H]2CCc2ccccn2)no1. The summed E-state index contributed by atoms with van der Waals surface area (Å²) in [6.45, 7) is 4.87. The van der Waals surface area contributed by atoms with Crippen molar-refractivity contribution in [1.82, 2.24) is 15.0 Å². The number of pyridine rings is 1. The average Bonchev–Trinajstić information content (AvgIpc) is 3.11. The van der Waals surface area contributed by atoms with Crippen molar-refractivity contribution in [3.8, 4) is 0 Å². The fourth-order valence-corrected chi connectivity index (χ4v) is 3.24. The van der Waals surface area contributed by atoms with E-state index in [-0.39, 0.29) is 17.9 Å². The molecule has 1 atom stereocenters. The molecule has 1 amide bonds. The topological polar surface area (TPSA) is 59.2 Å². The molecule has 0 spiro atoms. The van der Waals surface area contributed by atoms with Gasteiger partial charge in [-0.25, -0.2) is 0 Å². The van der Waals surface area contributed by atoms with E-state index in [2.05, 4.69) is 10.1 Å². The molecule has 2 aromatic rings. The monoisotopic (exact) mass is 327 g/mol. The van der Waals surface area contributed by atoms with Gasteiger partial charge < -0.3 is 9.42 Å². The maximum atomic E-state index is 12.8. The molecular weight excluding hydrogens is 302 g/mol. The molecule has 5 heteroatoms. The summed E-state index contributed by atoms with van der Waals surface area (Å²) in [5.41, 5.74) is 1.52. The zero-order valence-electron chi connectivity index (χ0n) is 14.4. The maximum absolute atomic E-state index is 12.8. The number of nitrogens with zero attached hydrogens (tertiary/aromatic N) is 3. The lowest BCUT2D eigenvalue weighted by molar-refractivity contribution is 0.0591. The molecule has 0 unspecified atom stereocenters. The van der Waals surface area contributed by atoms with Gasteiger partial charge in [0.25, 0.3) is 5.91 Å². The van der Waals surface area contributed by atoms with Crippen LogP contribution in [0.2, 0.25) is 0 Å². The van der Waals surface area contributed by atoms with Crippen molar-refractivity contribution in [1.29, 1.82) is 0 Å². The summed E-state index contributed by atoms with van der Waals surface area (Å²) in [7, 11) is 0. The van der Waals surface area contributed by atoms with Crippen LogP contribution in [0.1, 0.15) is 67.4 Å². The van der Waals surface area contributed by atoms with Gasteiger partial charge in [-0.05, 0) is 44.2 Å². The van der Waals surface area contributed by atoms with Crippen LogP contribution in [0.3, 0.4) is 0 Å². The van der Waals surface area contributed by atoms with E-state index in [1.54, 1.807) is 6.07 Å². The molecule has 24 heavy (non-hydrogen) atoms. The van der Waals surface area contributed by atoms with Gasteiger partial charge in [-0.15, -0.1) is 0 Å². The lowest BCUT2D eigenvalue weighted by Crippen LogP contribution is -2.44. The summed E-state index contributed by atoms with van der Waals surface area (Å²) in [6, 6.07) is 8.03. The Balaban J connectivity index is 1.67. The third-order valence-corrected chi connectivity index (χ3v) is 4.66. The van der Waals surface area contributed by atoms with Crippen LogP contribution >= 0.6 is 0 Å². The number of aryl methyl sites for hydroxylation is 1. The van der Waals surface area contributed by atoms with Crippen LogP contribution in [0.25, 0.3) is 0 Å². The first-order chi connectivity index (χ1) is 11.6. The van der Waals surface area contributed by atoms with Crippen molar-refractivity contribution in [2.45, 2.75) is 57.9 Å². The summed E-state index contributed by atoms with van der Waals surface area (Å²) < 4.78 is 5.30. The van der Waals surface area contributed by atoms with Gasteiger partial charge in [0.1, 0.15) is 5.76 Å². The van der Waals surface area contributed by atoms with Crippen molar-refractivity contribution in [3.63, 3.8) is 0 Å². The first-order valence-corrected chi connectivity index (χ1v) is 8.82. The van der Waals surface area contributed by atoms with E-state index in [0.717, 1.165) is 43.7 Å². The molecule has 0 saturated carbocycles. The normalized spacial score (nSPS) is 18.1. The molecule has 2 aromatic heterocycles. The first kappa shape index (κ1) is 16.7. The number of piperidine rings is 1. The fourth-order valence-electron chi connectivity index (χ4n) is 3.24. The second-order valence-corrected chi connectivity index (χ2v) is 6.78. The number of carbonyl (C=O) groups is 1. The van der Waals surface area contributed by atoms with Crippen LogP contribution < -0.4 is 0 Å². The molecule has 3 heterocycles. The van der Waals surface area contributed by atoms with E-state index in [0.29, 0.717) is 5.69 Å². The minimum Gasteiger partial charge on any atom is -0.360 e. The average molecular weight is 327 g/mol. The van der Waals surface area contributed by atoms with E-state index < -0.39 is 0 Å².